The molecule has 0 unspecified atom stereocenters. The molecule has 2 nitrogen and oxygen atoms in total. The van der Waals surface area contributed by atoms with Gasteiger partial charge in [-0.2, -0.15) is 0 Å². The van der Waals surface area contributed by atoms with Gasteiger partial charge in [0.15, 0.2) is 0 Å². The van der Waals surface area contributed by atoms with E-state index >= 15 is 0 Å². The van der Waals surface area contributed by atoms with Crippen LogP contribution in [-0.2, 0) is 6.54 Å². The van der Waals surface area contributed by atoms with Crippen LogP contribution in [0.2, 0.25) is 0 Å². The summed E-state index contributed by atoms with van der Waals surface area (Å²) >= 11 is 0. The van der Waals surface area contributed by atoms with Gasteiger partial charge in [0, 0.05) is 12.2 Å². The number of aryl methyl sites for hydroxylation is 2. The van der Waals surface area contributed by atoms with Gasteiger partial charge in [-0.05, 0) is 25.0 Å². The van der Waals surface area contributed by atoms with Crippen LogP contribution in [0.25, 0.3) is 0 Å². The zero-order valence-corrected chi connectivity index (χ0v) is 7.02. The first-order valence-electron chi connectivity index (χ1n) is 3.71. The number of anilines is 1. The largest absolute Gasteiger partial charge is 0.398 e. The van der Waals surface area contributed by atoms with Crippen molar-refractivity contribution in [3.05, 3.63) is 28.8 Å². The molecule has 2 heteroatoms. The Bertz CT molecular complexity index is 267. The van der Waals surface area contributed by atoms with Crippen LogP contribution in [0.3, 0.4) is 0 Å². The highest BCUT2D eigenvalue weighted by atomic mass is 14.6. The van der Waals surface area contributed by atoms with Crippen LogP contribution in [0.1, 0.15) is 16.7 Å². The van der Waals surface area contributed by atoms with Crippen LogP contribution in [-0.4, -0.2) is 0 Å². The third-order valence-corrected chi connectivity index (χ3v) is 1.84. The summed E-state index contributed by atoms with van der Waals surface area (Å²) in [5.74, 6) is 0. The topological polar surface area (TPSA) is 52.0 Å². The highest BCUT2D eigenvalue weighted by Crippen LogP contribution is 2.18. The summed E-state index contributed by atoms with van der Waals surface area (Å²) in [7, 11) is 0. The monoisotopic (exact) mass is 150 g/mol. The molecule has 0 saturated carbocycles. The van der Waals surface area contributed by atoms with Crippen molar-refractivity contribution in [2.24, 2.45) is 5.73 Å². The van der Waals surface area contributed by atoms with Gasteiger partial charge in [0.1, 0.15) is 0 Å². The van der Waals surface area contributed by atoms with Gasteiger partial charge in [0.2, 0.25) is 0 Å². The second-order valence-electron chi connectivity index (χ2n) is 2.86. The van der Waals surface area contributed by atoms with Crippen LogP contribution in [0.5, 0.6) is 0 Å². The third-order valence-electron chi connectivity index (χ3n) is 1.84. The molecule has 4 N–H and O–H groups in total. The van der Waals surface area contributed by atoms with Crippen LogP contribution in [0.4, 0.5) is 5.69 Å². The van der Waals surface area contributed by atoms with Gasteiger partial charge < -0.3 is 11.5 Å². The lowest BCUT2D eigenvalue weighted by molar-refractivity contribution is 1.06. The molecule has 1 rings (SSSR count). The van der Waals surface area contributed by atoms with Crippen LogP contribution >= 0.6 is 0 Å². The van der Waals surface area contributed by atoms with E-state index in [-0.39, 0.29) is 0 Å². The number of hydrogen-bond acceptors (Lipinski definition) is 2. The summed E-state index contributed by atoms with van der Waals surface area (Å²) in [4.78, 5) is 0. The molecule has 1 aromatic carbocycles. The van der Waals surface area contributed by atoms with Crippen LogP contribution < -0.4 is 11.5 Å². The fourth-order valence-corrected chi connectivity index (χ4v) is 1.24. The predicted octanol–water partition coefficient (Wildman–Crippen LogP) is 1.34. The second kappa shape index (κ2) is 2.93. The maximum absolute atomic E-state index is 5.78. The van der Waals surface area contributed by atoms with Crippen molar-refractivity contribution < 1.29 is 0 Å². The molecule has 0 saturated heterocycles. The molecular weight excluding hydrogens is 136 g/mol. The molecule has 0 radical (unpaired) electrons. The summed E-state index contributed by atoms with van der Waals surface area (Å²) in [6, 6.07) is 4.09. The normalized spacial score (nSPS) is 10.1. The van der Waals surface area contributed by atoms with Crippen molar-refractivity contribution in [3.63, 3.8) is 0 Å². The lowest BCUT2D eigenvalue weighted by Crippen LogP contribution is -2.03. The maximum Gasteiger partial charge on any atom is 0.0389 e. The molecule has 60 valence electrons. The van der Waals surface area contributed by atoms with Crippen molar-refractivity contribution in [1.29, 1.82) is 0 Å². The molecule has 0 fully saturated rings. The Hall–Kier alpha value is -1.02. The molecule has 0 atom stereocenters. The summed E-state index contributed by atoms with van der Waals surface area (Å²) < 4.78 is 0. The highest BCUT2D eigenvalue weighted by molar-refractivity contribution is 5.54. The van der Waals surface area contributed by atoms with Crippen LogP contribution in [0.15, 0.2) is 12.1 Å². The van der Waals surface area contributed by atoms with E-state index in [9.17, 15) is 0 Å². The fraction of sp³-hybridized carbons (Fsp3) is 0.333. The van der Waals surface area contributed by atoms with Crippen molar-refractivity contribution in [2.45, 2.75) is 20.4 Å². The predicted molar refractivity (Wildman–Crippen MR) is 48.2 cm³/mol. The van der Waals surface area contributed by atoms with Gasteiger partial charge in [0.05, 0.1) is 0 Å². The molecule has 0 aliphatic rings. The maximum atomic E-state index is 5.78. The van der Waals surface area contributed by atoms with Gasteiger partial charge in [-0.3, -0.25) is 0 Å². The number of nitrogen functional groups attached to an aromatic ring is 1. The molecule has 1 aromatic rings. The van der Waals surface area contributed by atoms with Crippen molar-refractivity contribution >= 4 is 5.69 Å². The van der Waals surface area contributed by atoms with E-state index in [1.54, 1.807) is 0 Å². The van der Waals surface area contributed by atoms with Gasteiger partial charge >= 0.3 is 0 Å². The molecule has 0 bridgehead atoms. The molecule has 0 aliphatic heterocycles. The standard InChI is InChI=1S/C9H14N2/c1-6-3-7(2)9(11)8(4-6)5-10/h3-4H,5,10-11H2,1-2H3. The van der Waals surface area contributed by atoms with Gasteiger partial charge in [0.25, 0.3) is 0 Å². The lowest BCUT2D eigenvalue weighted by atomic mass is 10.0. The summed E-state index contributed by atoms with van der Waals surface area (Å²) in [5, 5.41) is 0. The molecule has 0 amide bonds. The number of benzene rings is 1. The summed E-state index contributed by atoms with van der Waals surface area (Å²) in [5.41, 5.74) is 15.5. The van der Waals surface area contributed by atoms with Gasteiger partial charge in [-0.25, -0.2) is 0 Å². The Morgan fingerprint density at radius 3 is 2.45 bits per heavy atom. The van der Waals surface area contributed by atoms with E-state index in [0.717, 1.165) is 16.8 Å². The molecular formula is C9H14N2. The first-order valence-corrected chi connectivity index (χ1v) is 3.71. The first kappa shape index (κ1) is 8.08. The minimum absolute atomic E-state index is 0.522. The van der Waals surface area contributed by atoms with Gasteiger partial charge in [-0.1, -0.05) is 17.7 Å². The van der Waals surface area contributed by atoms with Crippen molar-refractivity contribution in [1.82, 2.24) is 0 Å². The van der Waals surface area contributed by atoms with E-state index in [4.69, 9.17) is 11.5 Å². The zero-order chi connectivity index (χ0) is 8.43. The molecule has 0 spiro atoms. The van der Waals surface area contributed by atoms with Gasteiger partial charge in [-0.15, -0.1) is 0 Å². The number of rotatable bonds is 1. The Labute approximate surface area is 67.2 Å². The Kier molecular flexibility index (Phi) is 2.15. The zero-order valence-electron chi connectivity index (χ0n) is 7.02. The Morgan fingerprint density at radius 2 is 1.91 bits per heavy atom. The highest BCUT2D eigenvalue weighted by Gasteiger charge is 2.00. The van der Waals surface area contributed by atoms with E-state index in [1.165, 1.54) is 5.56 Å². The van der Waals surface area contributed by atoms with Crippen molar-refractivity contribution in [3.8, 4) is 0 Å². The Balaban J connectivity index is 3.24. The molecule has 0 aromatic heterocycles. The SMILES string of the molecule is Cc1cc(C)c(N)c(CN)c1. The van der Waals surface area contributed by atoms with E-state index in [1.807, 2.05) is 19.9 Å². The fourth-order valence-electron chi connectivity index (χ4n) is 1.24. The van der Waals surface area contributed by atoms with E-state index in [2.05, 4.69) is 6.07 Å². The quantitative estimate of drug-likeness (QED) is 0.594. The first-order chi connectivity index (χ1) is 5.15. The summed E-state index contributed by atoms with van der Waals surface area (Å²) in [6.45, 7) is 4.57. The molecule has 0 aliphatic carbocycles. The minimum atomic E-state index is 0.522. The average molecular weight is 150 g/mol. The number of hydrogen-bond donors (Lipinski definition) is 2. The Morgan fingerprint density at radius 1 is 1.27 bits per heavy atom. The third kappa shape index (κ3) is 1.52. The lowest BCUT2D eigenvalue weighted by Gasteiger charge is -2.07. The second-order valence-corrected chi connectivity index (χ2v) is 2.86. The number of nitrogens with two attached hydrogens (primary N) is 2. The average Bonchev–Trinajstić information content (AvgIpc) is 1.96. The molecule has 11 heavy (non-hydrogen) atoms. The van der Waals surface area contributed by atoms with Crippen LogP contribution in [0, 0.1) is 13.8 Å². The van der Waals surface area contributed by atoms with Crippen molar-refractivity contribution in [2.75, 3.05) is 5.73 Å². The van der Waals surface area contributed by atoms with E-state index in [0.29, 0.717) is 6.54 Å². The smallest absolute Gasteiger partial charge is 0.0389 e. The molecule has 0 heterocycles. The minimum Gasteiger partial charge on any atom is -0.398 e. The van der Waals surface area contributed by atoms with E-state index < -0.39 is 0 Å². The summed E-state index contributed by atoms with van der Waals surface area (Å²) in [6.07, 6.45) is 0.